The number of nitrogens with one attached hydrogen (secondary N) is 1. The van der Waals surface area contributed by atoms with Crippen LogP contribution in [0.15, 0.2) is 30.3 Å². The zero-order chi connectivity index (χ0) is 19.0. The summed E-state index contributed by atoms with van der Waals surface area (Å²) in [5.74, 6) is -1.05. The minimum absolute atomic E-state index is 0.0927. The Bertz CT molecular complexity index is 944. The molecule has 0 radical (unpaired) electrons. The fourth-order valence-corrected chi connectivity index (χ4v) is 3.03. The highest BCUT2D eigenvalue weighted by Gasteiger charge is 2.24. The lowest BCUT2D eigenvalue weighted by atomic mass is 10.0. The van der Waals surface area contributed by atoms with Gasteiger partial charge in [-0.05, 0) is 19.1 Å². The maximum atomic E-state index is 14.6. The standard InChI is InChI=1S/C18H17ClF2N4O/c1-9-15(16-12(20)7-10(26-3)8-13(16)21)18(25(2)24-9)23-17-11(19)5-4-6-14(17)22/h4-8,23H,22H2,1-3H3. The van der Waals surface area contributed by atoms with Crippen molar-refractivity contribution < 1.29 is 13.5 Å². The van der Waals surface area contributed by atoms with Crippen molar-refractivity contribution in [2.45, 2.75) is 6.92 Å². The van der Waals surface area contributed by atoms with Gasteiger partial charge >= 0.3 is 0 Å². The van der Waals surface area contributed by atoms with Gasteiger partial charge in [0.1, 0.15) is 23.2 Å². The first-order valence-electron chi connectivity index (χ1n) is 7.71. The van der Waals surface area contributed by atoms with Crippen LogP contribution in [0, 0.1) is 18.6 Å². The number of nitrogens with zero attached hydrogens (tertiary/aromatic N) is 2. The van der Waals surface area contributed by atoms with E-state index >= 15 is 0 Å². The molecule has 0 saturated heterocycles. The highest BCUT2D eigenvalue weighted by molar-refractivity contribution is 6.34. The van der Waals surface area contributed by atoms with Crippen molar-refractivity contribution in [3.8, 4) is 16.9 Å². The van der Waals surface area contributed by atoms with Gasteiger partial charge in [-0.15, -0.1) is 0 Å². The molecule has 136 valence electrons. The maximum Gasteiger partial charge on any atom is 0.137 e. The number of hydrogen-bond acceptors (Lipinski definition) is 4. The number of benzene rings is 2. The van der Waals surface area contributed by atoms with Gasteiger partial charge in [0, 0.05) is 19.2 Å². The van der Waals surface area contributed by atoms with Gasteiger partial charge in [-0.3, -0.25) is 4.68 Å². The average Bonchev–Trinajstić information content (AvgIpc) is 2.84. The minimum atomic E-state index is -0.756. The summed E-state index contributed by atoms with van der Waals surface area (Å²) in [6.45, 7) is 1.67. The summed E-state index contributed by atoms with van der Waals surface area (Å²) in [5, 5.41) is 7.71. The third kappa shape index (κ3) is 3.06. The van der Waals surface area contributed by atoms with Gasteiger partial charge in [-0.2, -0.15) is 5.10 Å². The first-order chi connectivity index (χ1) is 12.3. The second kappa shape index (κ2) is 6.84. The molecule has 3 aromatic rings. The van der Waals surface area contributed by atoms with Crippen LogP contribution in [0.3, 0.4) is 0 Å². The largest absolute Gasteiger partial charge is 0.497 e. The van der Waals surface area contributed by atoms with Crippen molar-refractivity contribution >= 4 is 28.8 Å². The van der Waals surface area contributed by atoms with E-state index in [1.165, 1.54) is 11.8 Å². The molecule has 1 heterocycles. The van der Waals surface area contributed by atoms with Crippen LogP contribution in [0.25, 0.3) is 11.1 Å². The number of rotatable bonds is 4. The van der Waals surface area contributed by atoms with Crippen LogP contribution in [-0.4, -0.2) is 16.9 Å². The molecule has 2 aromatic carbocycles. The van der Waals surface area contributed by atoms with Crippen LogP contribution in [0.5, 0.6) is 5.75 Å². The zero-order valence-corrected chi connectivity index (χ0v) is 15.2. The normalized spacial score (nSPS) is 10.8. The van der Waals surface area contributed by atoms with Gasteiger partial charge < -0.3 is 15.8 Å². The van der Waals surface area contributed by atoms with E-state index in [0.717, 1.165) is 12.1 Å². The number of methoxy groups -OCH3 is 1. The fraction of sp³-hybridized carbons (Fsp3) is 0.167. The summed E-state index contributed by atoms with van der Waals surface area (Å²) in [6.07, 6.45) is 0. The van der Waals surface area contributed by atoms with Gasteiger partial charge in [-0.1, -0.05) is 17.7 Å². The van der Waals surface area contributed by atoms with E-state index in [-0.39, 0.29) is 16.9 Å². The van der Waals surface area contributed by atoms with Gasteiger partial charge in [0.2, 0.25) is 0 Å². The highest BCUT2D eigenvalue weighted by atomic mass is 35.5. The molecule has 0 unspecified atom stereocenters. The first-order valence-corrected chi connectivity index (χ1v) is 8.09. The van der Waals surface area contributed by atoms with E-state index in [1.807, 2.05) is 0 Å². The van der Waals surface area contributed by atoms with Crippen LogP contribution >= 0.6 is 11.6 Å². The lowest BCUT2D eigenvalue weighted by Crippen LogP contribution is -2.04. The number of hydrogen-bond donors (Lipinski definition) is 2. The Balaban J connectivity index is 2.20. The predicted octanol–water partition coefficient (Wildman–Crippen LogP) is 4.66. The molecular formula is C18H17ClF2N4O. The van der Waals surface area contributed by atoms with Crippen LogP contribution in [-0.2, 0) is 7.05 Å². The number of halogens is 3. The van der Waals surface area contributed by atoms with Crippen molar-refractivity contribution in [1.82, 2.24) is 9.78 Å². The maximum absolute atomic E-state index is 14.6. The van der Waals surface area contributed by atoms with E-state index in [1.54, 1.807) is 32.2 Å². The molecular weight excluding hydrogens is 362 g/mol. The Labute approximate surface area is 154 Å². The minimum Gasteiger partial charge on any atom is -0.497 e. The molecule has 3 rings (SSSR count). The molecule has 0 aliphatic rings. The van der Waals surface area contributed by atoms with E-state index < -0.39 is 11.6 Å². The molecule has 3 N–H and O–H groups in total. The van der Waals surface area contributed by atoms with Gasteiger partial charge in [-0.25, -0.2) is 8.78 Å². The van der Waals surface area contributed by atoms with Crippen LogP contribution in [0.4, 0.5) is 26.0 Å². The third-order valence-corrected chi connectivity index (χ3v) is 4.33. The van der Waals surface area contributed by atoms with Crippen molar-refractivity contribution in [3.63, 3.8) is 0 Å². The molecule has 26 heavy (non-hydrogen) atoms. The Morgan fingerprint density at radius 1 is 1.19 bits per heavy atom. The zero-order valence-electron chi connectivity index (χ0n) is 14.4. The van der Waals surface area contributed by atoms with E-state index in [2.05, 4.69) is 10.4 Å². The number of anilines is 3. The van der Waals surface area contributed by atoms with E-state index in [0.29, 0.717) is 27.9 Å². The third-order valence-electron chi connectivity index (χ3n) is 4.01. The smallest absolute Gasteiger partial charge is 0.137 e. The molecule has 0 saturated carbocycles. The number of nitrogen functional groups attached to an aromatic ring is 1. The van der Waals surface area contributed by atoms with Crippen LogP contribution < -0.4 is 15.8 Å². The van der Waals surface area contributed by atoms with Crippen molar-refractivity contribution in [2.24, 2.45) is 7.05 Å². The molecule has 0 aliphatic heterocycles. The second-order valence-electron chi connectivity index (χ2n) is 5.73. The highest BCUT2D eigenvalue weighted by Crippen LogP contribution is 2.40. The van der Waals surface area contributed by atoms with Crippen molar-refractivity contribution in [2.75, 3.05) is 18.2 Å². The molecule has 0 bridgehead atoms. The van der Waals surface area contributed by atoms with Gasteiger partial charge in [0.05, 0.1) is 40.3 Å². The van der Waals surface area contributed by atoms with Crippen molar-refractivity contribution in [3.05, 3.63) is 52.7 Å². The number of ether oxygens (including phenoxy) is 1. The Morgan fingerprint density at radius 2 is 1.85 bits per heavy atom. The van der Waals surface area contributed by atoms with Gasteiger partial charge in [0.15, 0.2) is 0 Å². The fourth-order valence-electron chi connectivity index (χ4n) is 2.80. The van der Waals surface area contributed by atoms with E-state index in [4.69, 9.17) is 22.1 Å². The van der Waals surface area contributed by atoms with E-state index in [9.17, 15) is 8.78 Å². The summed E-state index contributed by atoms with van der Waals surface area (Å²) < 4.78 is 35.6. The summed E-state index contributed by atoms with van der Waals surface area (Å²) in [6, 6.07) is 7.29. The average molecular weight is 379 g/mol. The number of nitrogens with two attached hydrogens (primary N) is 1. The van der Waals surface area contributed by atoms with Crippen LogP contribution in [0.2, 0.25) is 5.02 Å². The Morgan fingerprint density at radius 3 is 2.42 bits per heavy atom. The lowest BCUT2D eigenvalue weighted by molar-refractivity contribution is 0.407. The monoisotopic (exact) mass is 378 g/mol. The molecule has 1 aromatic heterocycles. The Kier molecular flexibility index (Phi) is 4.73. The quantitative estimate of drug-likeness (QED) is 0.648. The first kappa shape index (κ1) is 18.0. The predicted molar refractivity (Wildman–Crippen MR) is 99.0 cm³/mol. The topological polar surface area (TPSA) is 65.1 Å². The van der Waals surface area contributed by atoms with Gasteiger partial charge in [0.25, 0.3) is 0 Å². The summed E-state index contributed by atoms with van der Waals surface area (Å²) >= 11 is 6.20. The molecule has 0 amide bonds. The SMILES string of the molecule is COc1cc(F)c(-c2c(C)nn(C)c2Nc2c(N)cccc2Cl)c(F)c1. The molecule has 0 spiro atoms. The molecule has 8 heteroatoms. The molecule has 0 atom stereocenters. The van der Waals surface area contributed by atoms with Crippen LogP contribution in [0.1, 0.15) is 5.69 Å². The molecule has 0 aliphatic carbocycles. The molecule has 5 nitrogen and oxygen atoms in total. The summed E-state index contributed by atoms with van der Waals surface area (Å²) in [4.78, 5) is 0. The number of para-hydroxylation sites is 1. The summed E-state index contributed by atoms with van der Waals surface area (Å²) in [7, 11) is 3.00. The number of aromatic nitrogens is 2. The lowest BCUT2D eigenvalue weighted by Gasteiger charge is -2.14. The molecule has 0 fully saturated rings. The van der Waals surface area contributed by atoms with Crippen molar-refractivity contribution in [1.29, 1.82) is 0 Å². The Hall–Kier alpha value is -2.80. The summed E-state index contributed by atoms with van der Waals surface area (Å²) in [5.41, 5.74) is 7.34. The second-order valence-corrected chi connectivity index (χ2v) is 6.13. The number of aryl methyl sites for hydroxylation is 2.